The molecule has 0 radical (unpaired) electrons. The number of carbonyl (C=O) groups excluding carboxylic acids is 2. The molecule has 0 unspecified atom stereocenters. The van der Waals surface area contributed by atoms with Crippen LogP contribution in [0.15, 0.2) is 22.7 Å². The van der Waals surface area contributed by atoms with Gasteiger partial charge in [0.25, 0.3) is 5.91 Å². The third-order valence-corrected chi connectivity index (χ3v) is 5.51. The summed E-state index contributed by atoms with van der Waals surface area (Å²) in [7, 11) is 0. The van der Waals surface area contributed by atoms with Gasteiger partial charge in [0.1, 0.15) is 13.2 Å². The van der Waals surface area contributed by atoms with Gasteiger partial charge in [-0.05, 0) is 48.7 Å². The average molecular weight is 449 g/mol. The molecule has 4 rings (SSSR count). The normalized spacial score (nSPS) is 15.2. The Balaban J connectivity index is 1.38. The lowest BCUT2D eigenvalue weighted by atomic mass is 10.2. The lowest BCUT2D eigenvalue weighted by Gasteiger charge is -2.20. The number of ether oxygens (including phenoxy) is 3. The zero-order chi connectivity index (χ0) is 19.8. The van der Waals surface area contributed by atoms with Crippen molar-refractivity contribution in [3.8, 4) is 11.5 Å². The molecule has 1 aromatic carbocycles. The first-order valence-electron chi connectivity index (χ1n) is 9.18. The van der Waals surface area contributed by atoms with Gasteiger partial charge in [0.15, 0.2) is 18.1 Å². The fourth-order valence-corrected chi connectivity index (χ4v) is 3.85. The Morgan fingerprint density at radius 2 is 1.86 bits per heavy atom. The van der Waals surface area contributed by atoms with E-state index in [9.17, 15) is 9.59 Å². The van der Waals surface area contributed by atoms with Crippen molar-refractivity contribution in [3.05, 3.63) is 39.6 Å². The van der Waals surface area contributed by atoms with Crippen LogP contribution in [0, 0.1) is 13.8 Å². The number of fused-ring (bicyclic) bond motifs is 1. The molecule has 1 aliphatic carbocycles. The molecule has 0 bridgehead atoms. The number of benzene rings is 1. The van der Waals surface area contributed by atoms with Crippen molar-refractivity contribution in [1.29, 1.82) is 0 Å². The number of amides is 1. The Labute approximate surface area is 171 Å². The molecule has 8 heteroatoms. The Kier molecular flexibility index (Phi) is 5.05. The molecule has 2 aliphatic rings. The van der Waals surface area contributed by atoms with E-state index in [0.717, 1.165) is 24.2 Å². The minimum Gasteiger partial charge on any atom is -0.486 e. The van der Waals surface area contributed by atoms with Crippen molar-refractivity contribution in [2.75, 3.05) is 25.1 Å². The Morgan fingerprint density at radius 3 is 2.54 bits per heavy atom. The van der Waals surface area contributed by atoms with Gasteiger partial charge in [-0.1, -0.05) is 0 Å². The summed E-state index contributed by atoms with van der Waals surface area (Å²) in [6.45, 7) is 4.47. The summed E-state index contributed by atoms with van der Waals surface area (Å²) in [5, 5.41) is 2.72. The molecule has 7 nitrogen and oxygen atoms in total. The molecular weight excluding hydrogens is 428 g/mol. The van der Waals surface area contributed by atoms with E-state index in [2.05, 4.69) is 25.8 Å². The fourth-order valence-electron chi connectivity index (χ4n) is 3.43. The summed E-state index contributed by atoms with van der Waals surface area (Å²) < 4.78 is 19.1. The third kappa shape index (κ3) is 3.73. The quantitative estimate of drug-likeness (QED) is 0.704. The van der Waals surface area contributed by atoms with Crippen molar-refractivity contribution >= 4 is 33.5 Å². The van der Waals surface area contributed by atoms with Crippen LogP contribution in [0.3, 0.4) is 0 Å². The van der Waals surface area contributed by atoms with Crippen LogP contribution in [0.1, 0.15) is 40.6 Å². The zero-order valence-electron chi connectivity index (χ0n) is 15.7. The highest BCUT2D eigenvalue weighted by molar-refractivity contribution is 9.10. The van der Waals surface area contributed by atoms with Crippen LogP contribution >= 0.6 is 15.9 Å². The lowest BCUT2D eigenvalue weighted by Crippen LogP contribution is -2.22. The lowest BCUT2D eigenvalue weighted by molar-refractivity contribution is -0.119. The smallest absolute Gasteiger partial charge is 0.340 e. The summed E-state index contributed by atoms with van der Waals surface area (Å²) >= 11 is 3.40. The molecule has 1 aliphatic heterocycles. The van der Waals surface area contributed by atoms with Gasteiger partial charge in [0, 0.05) is 34.0 Å². The van der Waals surface area contributed by atoms with E-state index in [1.807, 2.05) is 19.9 Å². The maximum absolute atomic E-state index is 12.4. The highest BCUT2D eigenvalue weighted by Gasteiger charge is 2.29. The second-order valence-corrected chi connectivity index (χ2v) is 7.84. The number of anilines is 1. The van der Waals surface area contributed by atoms with Crippen LogP contribution in [0.4, 0.5) is 5.69 Å². The first kappa shape index (κ1) is 18.9. The molecular formula is C20H21BrN2O5. The number of nitrogens with zero attached hydrogens (tertiary/aromatic N) is 1. The Hall–Kier alpha value is -2.48. The van der Waals surface area contributed by atoms with Crippen molar-refractivity contribution < 1.29 is 23.8 Å². The monoisotopic (exact) mass is 448 g/mol. The van der Waals surface area contributed by atoms with Gasteiger partial charge in [0.05, 0.1) is 11.3 Å². The van der Waals surface area contributed by atoms with Crippen molar-refractivity contribution in [3.63, 3.8) is 0 Å². The Bertz CT molecular complexity index is 949. The minimum absolute atomic E-state index is 0.368. The first-order chi connectivity index (χ1) is 13.4. The number of aryl methyl sites for hydroxylation is 1. The van der Waals surface area contributed by atoms with Gasteiger partial charge in [-0.25, -0.2) is 4.79 Å². The van der Waals surface area contributed by atoms with Crippen molar-refractivity contribution in [1.82, 2.24) is 4.57 Å². The third-order valence-electron chi connectivity index (χ3n) is 4.86. The topological polar surface area (TPSA) is 78.8 Å². The van der Waals surface area contributed by atoms with Crippen LogP contribution in [-0.2, 0) is 9.53 Å². The second-order valence-electron chi connectivity index (χ2n) is 6.99. The van der Waals surface area contributed by atoms with E-state index in [4.69, 9.17) is 14.2 Å². The molecule has 2 heterocycles. The predicted octanol–water partition coefficient (Wildman–Crippen LogP) is 3.77. The van der Waals surface area contributed by atoms with Gasteiger partial charge >= 0.3 is 5.97 Å². The first-order valence-corrected chi connectivity index (χ1v) is 9.98. The second kappa shape index (κ2) is 7.50. The number of rotatable bonds is 5. The van der Waals surface area contributed by atoms with E-state index < -0.39 is 11.9 Å². The van der Waals surface area contributed by atoms with Gasteiger partial charge in [-0.3, -0.25) is 4.79 Å². The molecule has 2 aromatic rings. The van der Waals surface area contributed by atoms with Crippen LogP contribution in [-0.4, -0.2) is 36.3 Å². The highest BCUT2D eigenvalue weighted by atomic mass is 79.9. The molecule has 148 valence electrons. The Morgan fingerprint density at radius 1 is 1.18 bits per heavy atom. The van der Waals surface area contributed by atoms with Gasteiger partial charge in [0.2, 0.25) is 0 Å². The summed E-state index contributed by atoms with van der Waals surface area (Å²) in [5.74, 6) is 0.265. The molecule has 1 amide bonds. The number of nitrogens with one attached hydrogen (secondary N) is 1. The number of hydrogen-bond acceptors (Lipinski definition) is 5. The summed E-state index contributed by atoms with van der Waals surface area (Å²) in [6, 6.07) is 5.73. The van der Waals surface area contributed by atoms with E-state index in [1.165, 1.54) is 0 Å². The van der Waals surface area contributed by atoms with Gasteiger partial charge < -0.3 is 24.1 Å². The zero-order valence-corrected chi connectivity index (χ0v) is 17.3. The fraction of sp³-hybridized carbons (Fsp3) is 0.400. The SMILES string of the molecule is Cc1cc(C(=O)OCC(=O)Nc2cc3c(cc2Br)OCCO3)c(C)n1C1CC1. The van der Waals surface area contributed by atoms with Crippen molar-refractivity contribution in [2.24, 2.45) is 0 Å². The molecule has 0 atom stereocenters. The van der Waals surface area contributed by atoms with Gasteiger partial charge in [-0.2, -0.15) is 0 Å². The molecule has 1 saturated carbocycles. The summed E-state index contributed by atoms with van der Waals surface area (Å²) in [5.41, 5.74) is 2.96. The van der Waals surface area contributed by atoms with Crippen LogP contribution < -0.4 is 14.8 Å². The highest BCUT2D eigenvalue weighted by Crippen LogP contribution is 2.39. The van der Waals surface area contributed by atoms with E-state index in [0.29, 0.717) is 46.5 Å². The van der Waals surface area contributed by atoms with Crippen LogP contribution in [0.25, 0.3) is 0 Å². The van der Waals surface area contributed by atoms with Crippen molar-refractivity contribution in [2.45, 2.75) is 32.7 Å². The van der Waals surface area contributed by atoms with Crippen LogP contribution in [0.5, 0.6) is 11.5 Å². The van der Waals surface area contributed by atoms with E-state index in [1.54, 1.807) is 12.1 Å². The molecule has 1 N–H and O–H groups in total. The van der Waals surface area contributed by atoms with E-state index >= 15 is 0 Å². The number of carbonyl (C=O) groups is 2. The average Bonchev–Trinajstić information content (AvgIpc) is 3.45. The number of esters is 1. The summed E-state index contributed by atoms with van der Waals surface area (Å²) in [6.07, 6.45) is 2.27. The maximum Gasteiger partial charge on any atom is 0.340 e. The number of hydrogen-bond donors (Lipinski definition) is 1. The minimum atomic E-state index is -0.489. The van der Waals surface area contributed by atoms with E-state index in [-0.39, 0.29) is 6.61 Å². The number of aromatic nitrogens is 1. The molecule has 0 saturated heterocycles. The summed E-state index contributed by atoms with van der Waals surface area (Å²) in [4.78, 5) is 24.7. The standard InChI is InChI=1S/C20H21BrN2O5/c1-11-7-14(12(2)23(11)13-3-4-13)20(25)28-10-19(24)22-16-9-18-17(8-15(16)21)26-5-6-27-18/h7-9,13H,3-6,10H2,1-2H3,(H,22,24). The molecule has 1 fully saturated rings. The van der Waals surface area contributed by atoms with Crippen LogP contribution in [0.2, 0.25) is 0 Å². The molecule has 1 aromatic heterocycles. The maximum atomic E-state index is 12.4. The largest absolute Gasteiger partial charge is 0.486 e. The van der Waals surface area contributed by atoms with Gasteiger partial charge in [-0.15, -0.1) is 0 Å². The molecule has 28 heavy (non-hydrogen) atoms. The predicted molar refractivity (Wildman–Crippen MR) is 106 cm³/mol. The molecule has 0 spiro atoms. The number of halogens is 1.